The Kier molecular flexibility index (Phi) is 5.35. The zero-order valence-corrected chi connectivity index (χ0v) is 11.6. The molecule has 0 saturated carbocycles. The molecule has 0 unspecified atom stereocenters. The van der Waals surface area contributed by atoms with E-state index in [4.69, 9.17) is 10.8 Å². The van der Waals surface area contributed by atoms with Gasteiger partial charge in [0.05, 0.1) is 0 Å². The van der Waals surface area contributed by atoms with Crippen LogP contribution in [0, 0.1) is 0 Å². The van der Waals surface area contributed by atoms with Crippen molar-refractivity contribution >= 4 is 37.5 Å². The fourth-order valence-electron chi connectivity index (χ4n) is 1.00. The van der Waals surface area contributed by atoms with E-state index >= 15 is 0 Å². The standard InChI is InChI=1S/C6H5Br2N.C6H6O/c7-4-1-5(8)3-6(9)2-4;7-6-4-2-1-3-5-6/h1-3H,9H2;1-5,7H. The molecule has 0 aliphatic rings. The molecule has 2 nitrogen and oxygen atoms in total. The number of anilines is 1. The Balaban J connectivity index is 0.000000165. The molecule has 0 spiro atoms. The van der Waals surface area contributed by atoms with Crippen molar-refractivity contribution in [2.45, 2.75) is 0 Å². The van der Waals surface area contributed by atoms with Gasteiger partial charge < -0.3 is 10.8 Å². The van der Waals surface area contributed by atoms with Crippen LogP contribution in [0.1, 0.15) is 0 Å². The molecule has 0 saturated heterocycles. The van der Waals surface area contributed by atoms with Gasteiger partial charge in [0.15, 0.2) is 0 Å². The second-order valence-corrected chi connectivity index (χ2v) is 4.87. The van der Waals surface area contributed by atoms with Crippen LogP contribution < -0.4 is 5.73 Å². The predicted molar refractivity (Wildman–Crippen MR) is 74.4 cm³/mol. The van der Waals surface area contributed by atoms with Gasteiger partial charge in [-0.15, -0.1) is 0 Å². The smallest absolute Gasteiger partial charge is 0.115 e. The predicted octanol–water partition coefficient (Wildman–Crippen LogP) is 4.19. The fraction of sp³-hybridized carbons (Fsp3) is 0. The maximum Gasteiger partial charge on any atom is 0.115 e. The Morgan fingerprint density at radius 1 is 0.875 bits per heavy atom. The van der Waals surface area contributed by atoms with E-state index in [0.29, 0.717) is 5.75 Å². The van der Waals surface area contributed by atoms with E-state index in [1.807, 2.05) is 24.3 Å². The van der Waals surface area contributed by atoms with E-state index in [1.165, 1.54) is 0 Å². The number of aromatic hydroxyl groups is 1. The van der Waals surface area contributed by atoms with Crippen molar-refractivity contribution in [3.05, 3.63) is 57.5 Å². The number of phenolic OH excluding ortho intramolecular Hbond substituents is 1. The first kappa shape index (κ1) is 13.1. The zero-order valence-electron chi connectivity index (χ0n) is 8.40. The Morgan fingerprint density at radius 2 is 1.38 bits per heavy atom. The molecule has 4 heteroatoms. The summed E-state index contributed by atoms with van der Waals surface area (Å²) >= 11 is 6.61. The summed E-state index contributed by atoms with van der Waals surface area (Å²) in [4.78, 5) is 0. The Bertz CT molecular complexity index is 396. The van der Waals surface area contributed by atoms with E-state index < -0.39 is 0 Å². The van der Waals surface area contributed by atoms with Gasteiger partial charge in [-0.1, -0.05) is 50.1 Å². The molecule has 0 bridgehead atoms. The van der Waals surface area contributed by atoms with E-state index in [9.17, 15) is 0 Å². The number of phenols is 1. The summed E-state index contributed by atoms with van der Waals surface area (Å²) < 4.78 is 1.99. The number of rotatable bonds is 0. The maximum atomic E-state index is 8.63. The van der Waals surface area contributed by atoms with Crippen LogP contribution in [0.3, 0.4) is 0 Å². The van der Waals surface area contributed by atoms with Gasteiger partial charge >= 0.3 is 0 Å². The molecule has 16 heavy (non-hydrogen) atoms. The topological polar surface area (TPSA) is 46.2 Å². The summed E-state index contributed by atoms with van der Waals surface area (Å²) in [6, 6.07) is 14.4. The average molecular weight is 345 g/mol. The second-order valence-electron chi connectivity index (χ2n) is 3.04. The molecular weight excluding hydrogens is 334 g/mol. The minimum Gasteiger partial charge on any atom is -0.508 e. The van der Waals surface area contributed by atoms with Crippen molar-refractivity contribution in [2.24, 2.45) is 0 Å². The molecule has 84 valence electrons. The number of nitrogen functional groups attached to an aromatic ring is 1. The van der Waals surface area contributed by atoms with Crippen molar-refractivity contribution in [3.63, 3.8) is 0 Å². The van der Waals surface area contributed by atoms with Crippen molar-refractivity contribution in [2.75, 3.05) is 5.73 Å². The van der Waals surface area contributed by atoms with Gasteiger partial charge in [0.25, 0.3) is 0 Å². The van der Waals surface area contributed by atoms with Gasteiger partial charge in [-0.25, -0.2) is 0 Å². The molecule has 0 fully saturated rings. The number of halogens is 2. The summed E-state index contributed by atoms with van der Waals surface area (Å²) in [5.74, 6) is 0.322. The number of nitrogens with two attached hydrogens (primary N) is 1. The van der Waals surface area contributed by atoms with Crippen LogP contribution in [-0.2, 0) is 0 Å². The van der Waals surface area contributed by atoms with Crippen LogP contribution in [0.2, 0.25) is 0 Å². The largest absolute Gasteiger partial charge is 0.508 e. The SMILES string of the molecule is Nc1cc(Br)cc(Br)c1.Oc1ccccc1. The van der Waals surface area contributed by atoms with Crippen LogP contribution in [0.5, 0.6) is 5.75 Å². The summed E-state index contributed by atoms with van der Waals surface area (Å²) in [6.07, 6.45) is 0. The van der Waals surface area contributed by atoms with Gasteiger partial charge in [-0.2, -0.15) is 0 Å². The van der Waals surface area contributed by atoms with Crippen molar-refractivity contribution < 1.29 is 5.11 Å². The van der Waals surface area contributed by atoms with Gasteiger partial charge in [-0.05, 0) is 30.3 Å². The lowest BCUT2D eigenvalue weighted by molar-refractivity contribution is 0.475. The highest BCUT2D eigenvalue weighted by atomic mass is 79.9. The average Bonchev–Trinajstić information content (AvgIpc) is 2.17. The third kappa shape index (κ3) is 5.19. The lowest BCUT2D eigenvalue weighted by atomic mass is 10.3. The number of hydrogen-bond donors (Lipinski definition) is 2. The normalized spacial score (nSPS) is 9.12. The molecular formula is C12H11Br2NO. The van der Waals surface area contributed by atoms with Gasteiger partial charge in [0, 0.05) is 14.6 Å². The highest BCUT2D eigenvalue weighted by Gasteiger charge is 1.90. The van der Waals surface area contributed by atoms with Crippen LogP contribution in [0.25, 0.3) is 0 Å². The van der Waals surface area contributed by atoms with Crippen molar-refractivity contribution in [1.29, 1.82) is 0 Å². The zero-order chi connectivity index (χ0) is 12.0. The third-order valence-corrected chi connectivity index (χ3v) is 2.56. The minimum absolute atomic E-state index is 0.322. The van der Waals surface area contributed by atoms with E-state index in [-0.39, 0.29) is 0 Å². The van der Waals surface area contributed by atoms with Crippen LogP contribution in [0.4, 0.5) is 5.69 Å². The van der Waals surface area contributed by atoms with Gasteiger partial charge in [-0.3, -0.25) is 0 Å². The lowest BCUT2D eigenvalue weighted by Crippen LogP contribution is -1.82. The molecule has 0 amide bonds. The highest BCUT2D eigenvalue weighted by Crippen LogP contribution is 2.20. The molecule has 2 aromatic rings. The Morgan fingerprint density at radius 3 is 1.69 bits per heavy atom. The van der Waals surface area contributed by atoms with Crippen molar-refractivity contribution in [3.8, 4) is 5.75 Å². The number of hydrogen-bond acceptors (Lipinski definition) is 2. The monoisotopic (exact) mass is 343 g/mol. The van der Waals surface area contributed by atoms with Crippen LogP contribution in [-0.4, -0.2) is 5.11 Å². The van der Waals surface area contributed by atoms with Gasteiger partial charge in [0.1, 0.15) is 5.75 Å². The Hall–Kier alpha value is -1.00. The number of para-hydroxylation sites is 1. The summed E-state index contributed by atoms with van der Waals surface area (Å²) in [7, 11) is 0. The molecule has 0 aromatic heterocycles. The maximum absolute atomic E-state index is 8.63. The first-order chi connectivity index (χ1) is 7.58. The third-order valence-electron chi connectivity index (χ3n) is 1.64. The van der Waals surface area contributed by atoms with Gasteiger partial charge in [0.2, 0.25) is 0 Å². The molecule has 0 atom stereocenters. The first-order valence-electron chi connectivity index (χ1n) is 4.53. The molecule has 2 rings (SSSR count). The van der Waals surface area contributed by atoms with E-state index in [2.05, 4.69) is 31.9 Å². The number of benzene rings is 2. The first-order valence-corrected chi connectivity index (χ1v) is 6.12. The summed E-state index contributed by atoms with van der Waals surface area (Å²) in [6.45, 7) is 0. The van der Waals surface area contributed by atoms with Crippen LogP contribution in [0.15, 0.2) is 57.5 Å². The van der Waals surface area contributed by atoms with Crippen LogP contribution >= 0.6 is 31.9 Å². The molecule has 0 aliphatic carbocycles. The van der Waals surface area contributed by atoms with E-state index in [1.54, 1.807) is 24.3 Å². The highest BCUT2D eigenvalue weighted by molar-refractivity contribution is 9.11. The van der Waals surface area contributed by atoms with E-state index in [0.717, 1.165) is 14.6 Å². The molecule has 3 N–H and O–H groups in total. The Labute approximate surface area is 111 Å². The molecule has 0 aliphatic heterocycles. The molecule has 0 heterocycles. The summed E-state index contributed by atoms with van der Waals surface area (Å²) in [5, 5.41) is 8.63. The quantitative estimate of drug-likeness (QED) is 0.704. The fourth-order valence-corrected chi connectivity index (χ4v) is 2.33. The minimum atomic E-state index is 0.322. The summed E-state index contributed by atoms with van der Waals surface area (Å²) in [5.41, 5.74) is 6.26. The molecule has 2 aromatic carbocycles. The second kappa shape index (κ2) is 6.55. The lowest BCUT2D eigenvalue weighted by Gasteiger charge is -1.94. The molecule has 0 radical (unpaired) electrons. The van der Waals surface area contributed by atoms with Crippen molar-refractivity contribution in [1.82, 2.24) is 0 Å².